The van der Waals surface area contributed by atoms with Crippen molar-refractivity contribution in [3.8, 4) is 11.5 Å². The molecule has 0 amide bonds. The van der Waals surface area contributed by atoms with Gasteiger partial charge in [-0.2, -0.15) is 11.8 Å². The molecule has 4 heteroatoms. The van der Waals surface area contributed by atoms with E-state index in [-0.39, 0.29) is 6.04 Å². The van der Waals surface area contributed by atoms with Crippen molar-refractivity contribution >= 4 is 11.8 Å². The van der Waals surface area contributed by atoms with Gasteiger partial charge < -0.3 is 15.2 Å². The molecule has 1 aromatic carbocycles. The molecule has 0 saturated carbocycles. The highest BCUT2D eigenvalue weighted by Gasteiger charge is 2.28. The van der Waals surface area contributed by atoms with Gasteiger partial charge in [-0.05, 0) is 30.7 Å². The highest BCUT2D eigenvalue weighted by Crippen LogP contribution is 2.41. The van der Waals surface area contributed by atoms with Crippen LogP contribution in [0.5, 0.6) is 11.5 Å². The molecule has 0 bridgehead atoms. The van der Waals surface area contributed by atoms with E-state index >= 15 is 0 Å². The summed E-state index contributed by atoms with van der Waals surface area (Å²) >= 11 is 1.95. The average molecular weight is 253 g/mol. The Kier molecular flexibility index (Phi) is 4.18. The normalized spacial score (nSPS) is 21.2. The van der Waals surface area contributed by atoms with Gasteiger partial charge in [0.1, 0.15) is 11.5 Å². The first-order valence-electron chi connectivity index (χ1n) is 5.86. The van der Waals surface area contributed by atoms with Crippen molar-refractivity contribution in [3.63, 3.8) is 0 Å². The van der Waals surface area contributed by atoms with E-state index in [1.807, 2.05) is 30.0 Å². The van der Waals surface area contributed by atoms with Gasteiger partial charge in [0.15, 0.2) is 0 Å². The third kappa shape index (κ3) is 2.53. The second-order valence-corrected chi connectivity index (χ2v) is 5.50. The number of nitrogens with two attached hydrogens (primary N) is 1. The zero-order chi connectivity index (χ0) is 12.3. The molecule has 0 aromatic heterocycles. The maximum Gasteiger partial charge on any atom is 0.127 e. The Hall–Kier alpha value is -0.870. The molecular formula is C13H19NO2S. The van der Waals surface area contributed by atoms with Crippen LogP contribution in [0.1, 0.15) is 24.4 Å². The predicted octanol–water partition coefficient (Wildman–Crippen LogP) is 2.60. The summed E-state index contributed by atoms with van der Waals surface area (Å²) in [6.07, 6.45) is 2.42. The first kappa shape index (κ1) is 12.6. The van der Waals surface area contributed by atoms with E-state index in [1.54, 1.807) is 14.2 Å². The molecule has 1 heterocycles. The van der Waals surface area contributed by atoms with E-state index in [2.05, 4.69) is 0 Å². The Labute approximate surface area is 107 Å². The molecule has 2 N–H and O–H groups in total. The third-order valence-electron chi connectivity index (χ3n) is 3.16. The van der Waals surface area contributed by atoms with E-state index in [4.69, 9.17) is 15.2 Å². The largest absolute Gasteiger partial charge is 0.496 e. The Balaban J connectivity index is 2.33. The van der Waals surface area contributed by atoms with Crippen LogP contribution in [0, 0.1) is 0 Å². The van der Waals surface area contributed by atoms with Gasteiger partial charge in [0.25, 0.3) is 0 Å². The number of benzene rings is 1. The maximum atomic E-state index is 6.37. The maximum absolute atomic E-state index is 6.37. The summed E-state index contributed by atoms with van der Waals surface area (Å²) in [6, 6.07) is 5.79. The number of rotatable bonds is 4. The fourth-order valence-corrected chi connectivity index (χ4v) is 3.59. The predicted molar refractivity (Wildman–Crippen MR) is 72.0 cm³/mol. The lowest BCUT2D eigenvalue weighted by molar-refractivity contribution is 0.377. The number of methoxy groups -OCH3 is 2. The first-order valence-corrected chi connectivity index (χ1v) is 6.91. The standard InChI is InChI=1S/C13H19NO2S/c1-15-9-5-3-6-10(16-2)12(9)13(14)11-7-4-8-17-11/h3,5-6,11,13H,4,7-8,14H2,1-2H3. The molecule has 2 unspecified atom stereocenters. The average Bonchev–Trinajstić information content (AvgIpc) is 2.90. The number of hydrogen-bond acceptors (Lipinski definition) is 4. The SMILES string of the molecule is COc1cccc(OC)c1C(N)C1CCCS1. The van der Waals surface area contributed by atoms with Crippen LogP contribution in [0.2, 0.25) is 0 Å². The molecule has 17 heavy (non-hydrogen) atoms. The van der Waals surface area contributed by atoms with Crippen molar-refractivity contribution in [1.82, 2.24) is 0 Å². The van der Waals surface area contributed by atoms with Crippen LogP contribution < -0.4 is 15.2 Å². The summed E-state index contributed by atoms with van der Waals surface area (Å²) < 4.78 is 10.8. The van der Waals surface area contributed by atoms with Gasteiger partial charge in [-0.1, -0.05) is 6.07 Å². The number of hydrogen-bond donors (Lipinski definition) is 1. The van der Waals surface area contributed by atoms with Gasteiger partial charge in [-0.15, -0.1) is 0 Å². The lowest BCUT2D eigenvalue weighted by Gasteiger charge is -2.23. The molecule has 0 spiro atoms. The number of thioether (sulfide) groups is 1. The molecule has 94 valence electrons. The summed E-state index contributed by atoms with van der Waals surface area (Å²) in [5.41, 5.74) is 7.37. The molecule has 1 fully saturated rings. The van der Waals surface area contributed by atoms with Gasteiger partial charge in [-0.3, -0.25) is 0 Å². The molecule has 2 rings (SSSR count). The molecule has 3 nitrogen and oxygen atoms in total. The van der Waals surface area contributed by atoms with Crippen LogP contribution in [0.25, 0.3) is 0 Å². The Morgan fingerprint density at radius 2 is 1.94 bits per heavy atom. The van der Waals surface area contributed by atoms with Crippen LogP contribution >= 0.6 is 11.8 Å². The monoisotopic (exact) mass is 253 g/mol. The van der Waals surface area contributed by atoms with Crippen molar-refractivity contribution in [3.05, 3.63) is 23.8 Å². The molecule has 1 aliphatic heterocycles. The molecule has 0 aliphatic carbocycles. The second kappa shape index (κ2) is 5.65. The van der Waals surface area contributed by atoms with Gasteiger partial charge in [-0.25, -0.2) is 0 Å². The minimum atomic E-state index is -0.0198. The van der Waals surface area contributed by atoms with Crippen molar-refractivity contribution in [2.45, 2.75) is 24.1 Å². The molecule has 2 atom stereocenters. The minimum Gasteiger partial charge on any atom is -0.496 e. The fourth-order valence-electron chi connectivity index (χ4n) is 2.28. The van der Waals surface area contributed by atoms with Crippen LogP contribution in [0.4, 0.5) is 0 Å². The van der Waals surface area contributed by atoms with Gasteiger partial charge >= 0.3 is 0 Å². The third-order valence-corrected chi connectivity index (χ3v) is 4.65. The Bertz CT molecular complexity index is 355. The van der Waals surface area contributed by atoms with Crippen LogP contribution in [-0.2, 0) is 0 Å². The van der Waals surface area contributed by atoms with E-state index in [9.17, 15) is 0 Å². The number of ether oxygens (including phenoxy) is 2. The molecule has 0 radical (unpaired) electrons. The zero-order valence-corrected chi connectivity index (χ0v) is 11.1. The van der Waals surface area contributed by atoms with Crippen molar-refractivity contribution in [2.24, 2.45) is 5.73 Å². The quantitative estimate of drug-likeness (QED) is 0.896. The fraction of sp³-hybridized carbons (Fsp3) is 0.538. The Morgan fingerprint density at radius 1 is 1.29 bits per heavy atom. The molecule has 1 aromatic rings. The molecule has 1 aliphatic rings. The first-order chi connectivity index (χ1) is 8.27. The van der Waals surface area contributed by atoms with Crippen LogP contribution in [-0.4, -0.2) is 25.2 Å². The summed E-state index contributed by atoms with van der Waals surface area (Å²) in [7, 11) is 3.35. The van der Waals surface area contributed by atoms with E-state index in [0.29, 0.717) is 5.25 Å². The smallest absolute Gasteiger partial charge is 0.127 e. The van der Waals surface area contributed by atoms with E-state index in [0.717, 1.165) is 17.1 Å². The zero-order valence-electron chi connectivity index (χ0n) is 10.3. The summed E-state index contributed by atoms with van der Waals surface area (Å²) in [5.74, 6) is 2.85. The van der Waals surface area contributed by atoms with Crippen molar-refractivity contribution < 1.29 is 9.47 Å². The highest BCUT2D eigenvalue weighted by molar-refractivity contribution is 8.00. The molecular weight excluding hydrogens is 234 g/mol. The lowest BCUT2D eigenvalue weighted by Crippen LogP contribution is -2.23. The van der Waals surface area contributed by atoms with Crippen molar-refractivity contribution in [1.29, 1.82) is 0 Å². The van der Waals surface area contributed by atoms with Crippen LogP contribution in [0.15, 0.2) is 18.2 Å². The van der Waals surface area contributed by atoms with Gasteiger partial charge in [0.2, 0.25) is 0 Å². The Morgan fingerprint density at radius 3 is 2.41 bits per heavy atom. The van der Waals surface area contributed by atoms with Crippen molar-refractivity contribution in [2.75, 3.05) is 20.0 Å². The lowest BCUT2D eigenvalue weighted by atomic mass is 9.99. The van der Waals surface area contributed by atoms with Gasteiger partial charge in [0.05, 0.1) is 19.8 Å². The van der Waals surface area contributed by atoms with Crippen LogP contribution in [0.3, 0.4) is 0 Å². The summed E-state index contributed by atoms with van der Waals surface area (Å²) in [5, 5.41) is 0.472. The highest BCUT2D eigenvalue weighted by atomic mass is 32.2. The van der Waals surface area contributed by atoms with E-state index < -0.39 is 0 Å². The van der Waals surface area contributed by atoms with E-state index in [1.165, 1.54) is 18.6 Å². The second-order valence-electron chi connectivity index (χ2n) is 4.15. The minimum absolute atomic E-state index is 0.0198. The topological polar surface area (TPSA) is 44.5 Å². The molecule has 1 saturated heterocycles. The summed E-state index contributed by atoms with van der Waals surface area (Å²) in [6.45, 7) is 0. The summed E-state index contributed by atoms with van der Waals surface area (Å²) in [4.78, 5) is 0. The van der Waals surface area contributed by atoms with Gasteiger partial charge in [0, 0.05) is 11.3 Å².